The van der Waals surface area contributed by atoms with Gasteiger partial charge in [-0.1, -0.05) is 12.1 Å². The van der Waals surface area contributed by atoms with Crippen molar-refractivity contribution in [2.75, 3.05) is 13.2 Å². The van der Waals surface area contributed by atoms with Crippen LogP contribution in [0, 0.1) is 6.92 Å². The molecule has 0 radical (unpaired) electrons. The second-order valence-corrected chi connectivity index (χ2v) is 5.53. The van der Waals surface area contributed by atoms with Crippen LogP contribution in [0.3, 0.4) is 0 Å². The zero-order valence-corrected chi connectivity index (χ0v) is 10.4. The van der Waals surface area contributed by atoms with Crippen molar-refractivity contribution >= 4 is 11.8 Å². The fourth-order valence-corrected chi connectivity index (χ4v) is 3.09. The van der Waals surface area contributed by atoms with E-state index in [9.17, 15) is 0 Å². The van der Waals surface area contributed by atoms with Crippen molar-refractivity contribution in [3.63, 3.8) is 0 Å². The summed E-state index contributed by atoms with van der Waals surface area (Å²) < 4.78 is 5.36. The fraction of sp³-hybridized carbons (Fsp3) is 0.538. The molecule has 0 saturated carbocycles. The number of ether oxygens (including phenoxy) is 1. The molecule has 3 heteroatoms. The maximum absolute atomic E-state index is 9.05. The van der Waals surface area contributed by atoms with Gasteiger partial charge in [-0.3, -0.25) is 0 Å². The Morgan fingerprint density at radius 1 is 1.38 bits per heavy atom. The van der Waals surface area contributed by atoms with Crippen LogP contribution in [-0.2, 0) is 11.3 Å². The predicted octanol–water partition coefficient (Wildman–Crippen LogP) is 2.76. The number of hydrogen-bond acceptors (Lipinski definition) is 3. The second-order valence-electron chi connectivity index (χ2n) is 4.19. The number of aliphatic hydroxyl groups excluding tert-OH is 1. The molecular formula is C13H18O2S. The first-order valence-corrected chi connectivity index (χ1v) is 6.62. The van der Waals surface area contributed by atoms with Crippen molar-refractivity contribution in [3.05, 3.63) is 29.3 Å². The zero-order valence-electron chi connectivity index (χ0n) is 9.61. The maximum Gasteiger partial charge on any atom is 0.0681 e. The Labute approximate surface area is 101 Å². The summed E-state index contributed by atoms with van der Waals surface area (Å²) >= 11 is 1.95. The summed E-state index contributed by atoms with van der Waals surface area (Å²) in [5, 5.41) is 9.74. The van der Waals surface area contributed by atoms with Gasteiger partial charge in [-0.2, -0.15) is 0 Å². The molecule has 0 atom stereocenters. The Hall–Kier alpha value is -0.510. The average Bonchev–Trinajstić information content (AvgIpc) is 2.33. The molecule has 1 aromatic carbocycles. The molecule has 0 bridgehead atoms. The molecule has 0 amide bonds. The van der Waals surface area contributed by atoms with Crippen LogP contribution < -0.4 is 0 Å². The van der Waals surface area contributed by atoms with Crippen molar-refractivity contribution in [2.24, 2.45) is 0 Å². The lowest BCUT2D eigenvalue weighted by Crippen LogP contribution is -2.17. The lowest BCUT2D eigenvalue weighted by molar-refractivity contribution is 0.100. The van der Waals surface area contributed by atoms with Gasteiger partial charge in [-0.15, -0.1) is 11.8 Å². The van der Waals surface area contributed by atoms with Crippen LogP contribution in [0.4, 0.5) is 0 Å². The Morgan fingerprint density at radius 2 is 2.12 bits per heavy atom. The largest absolute Gasteiger partial charge is 0.392 e. The standard InChI is InChI=1S/C13H18O2S/c1-10-8-11(9-14)2-3-13(10)16-12-4-6-15-7-5-12/h2-3,8,12,14H,4-7,9H2,1H3. The Morgan fingerprint density at radius 3 is 2.75 bits per heavy atom. The highest BCUT2D eigenvalue weighted by molar-refractivity contribution is 8.00. The SMILES string of the molecule is Cc1cc(CO)ccc1SC1CCOCC1. The molecule has 1 heterocycles. The molecule has 0 spiro atoms. The van der Waals surface area contributed by atoms with Gasteiger partial charge in [-0.25, -0.2) is 0 Å². The Bertz CT molecular complexity index is 346. The minimum absolute atomic E-state index is 0.128. The van der Waals surface area contributed by atoms with Gasteiger partial charge >= 0.3 is 0 Å². The second kappa shape index (κ2) is 5.71. The quantitative estimate of drug-likeness (QED) is 0.878. The van der Waals surface area contributed by atoms with Crippen LogP contribution in [-0.4, -0.2) is 23.6 Å². The van der Waals surface area contributed by atoms with Gasteiger partial charge < -0.3 is 9.84 Å². The van der Waals surface area contributed by atoms with E-state index in [-0.39, 0.29) is 6.61 Å². The third kappa shape index (κ3) is 3.00. The lowest BCUT2D eigenvalue weighted by Gasteiger charge is -2.22. The topological polar surface area (TPSA) is 29.5 Å². The number of benzene rings is 1. The van der Waals surface area contributed by atoms with Gasteiger partial charge in [-0.05, 0) is 37.0 Å². The number of thioether (sulfide) groups is 1. The molecule has 0 unspecified atom stereocenters. The number of aliphatic hydroxyl groups is 1. The molecule has 1 saturated heterocycles. The van der Waals surface area contributed by atoms with Crippen molar-refractivity contribution in [2.45, 2.75) is 36.5 Å². The minimum atomic E-state index is 0.128. The molecule has 88 valence electrons. The van der Waals surface area contributed by atoms with E-state index in [1.807, 2.05) is 17.8 Å². The molecule has 1 aliphatic rings. The van der Waals surface area contributed by atoms with Gasteiger partial charge in [0, 0.05) is 23.4 Å². The number of rotatable bonds is 3. The smallest absolute Gasteiger partial charge is 0.0681 e. The van der Waals surface area contributed by atoms with E-state index in [0.717, 1.165) is 31.6 Å². The minimum Gasteiger partial charge on any atom is -0.392 e. The molecule has 2 rings (SSSR count). The molecule has 1 N–H and O–H groups in total. The van der Waals surface area contributed by atoms with Crippen molar-refractivity contribution < 1.29 is 9.84 Å². The van der Waals surface area contributed by atoms with Gasteiger partial charge in [0.05, 0.1) is 6.61 Å². The third-order valence-corrected chi connectivity index (χ3v) is 4.40. The van der Waals surface area contributed by atoms with Crippen LogP contribution in [0.5, 0.6) is 0 Å². The van der Waals surface area contributed by atoms with Crippen LogP contribution in [0.1, 0.15) is 24.0 Å². The molecule has 0 aliphatic carbocycles. The highest BCUT2D eigenvalue weighted by Gasteiger charge is 2.15. The summed E-state index contributed by atoms with van der Waals surface area (Å²) in [5.41, 5.74) is 2.26. The normalized spacial score (nSPS) is 17.6. The first-order valence-electron chi connectivity index (χ1n) is 5.74. The predicted molar refractivity (Wildman–Crippen MR) is 66.8 cm³/mol. The van der Waals surface area contributed by atoms with E-state index in [2.05, 4.69) is 19.1 Å². The number of hydrogen-bond donors (Lipinski definition) is 1. The summed E-state index contributed by atoms with van der Waals surface area (Å²) in [7, 11) is 0. The van der Waals surface area contributed by atoms with E-state index < -0.39 is 0 Å². The van der Waals surface area contributed by atoms with Crippen LogP contribution in [0.25, 0.3) is 0 Å². The molecule has 1 fully saturated rings. The van der Waals surface area contributed by atoms with Crippen molar-refractivity contribution in [1.29, 1.82) is 0 Å². The first-order chi connectivity index (χ1) is 7.79. The van der Waals surface area contributed by atoms with Gasteiger partial charge in [0.2, 0.25) is 0 Å². The van der Waals surface area contributed by atoms with E-state index in [1.54, 1.807) is 0 Å². The monoisotopic (exact) mass is 238 g/mol. The average molecular weight is 238 g/mol. The maximum atomic E-state index is 9.05. The van der Waals surface area contributed by atoms with Crippen molar-refractivity contribution in [1.82, 2.24) is 0 Å². The van der Waals surface area contributed by atoms with Gasteiger partial charge in [0.1, 0.15) is 0 Å². The van der Waals surface area contributed by atoms with Gasteiger partial charge in [0.25, 0.3) is 0 Å². The molecule has 16 heavy (non-hydrogen) atoms. The Balaban J connectivity index is 2.03. The Kier molecular flexibility index (Phi) is 4.27. The highest BCUT2D eigenvalue weighted by Crippen LogP contribution is 2.32. The van der Waals surface area contributed by atoms with Crippen LogP contribution in [0.2, 0.25) is 0 Å². The van der Waals surface area contributed by atoms with Crippen molar-refractivity contribution in [3.8, 4) is 0 Å². The third-order valence-electron chi connectivity index (χ3n) is 2.88. The molecule has 1 aromatic rings. The summed E-state index contributed by atoms with van der Waals surface area (Å²) in [4.78, 5) is 1.34. The van der Waals surface area contributed by atoms with E-state index in [1.165, 1.54) is 10.5 Å². The first kappa shape index (κ1) is 12.0. The molecule has 0 aromatic heterocycles. The van der Waals surface area contributed by atoms with Gasteiger partial charge in [0.15, 0.2) is 0 Å². The summed E-state index contributed by atoms with van der Waals surface area (Å²) in [5.74, 6) is 0. The number of aryl methyl sites for hydroxylation is 1. The summed E-state index contributed by atoms with van der Waals surface area (Å²) in [6, 6.07) is 6.21. The van der Waals surface area contributed by atoms with E-state index >= 15 is 0 Å². The fourth-order valence-electron chi connectivity index (χ4n) is 1.92. The molecule has 1 aliphatic heterocycles. The zero-order chi connectivity index (χ0) is 11.4. The lowest BCUT2D eigenvalue weighted by atomic mass is 10.1. The van der Waals surface area contributed by atoms with E-state index in [0.29, 0.717) is 5.25 Å². The molecular weight excluding hydrogens is 220 g/mol. The van der Waals surface area contributed by atoms with Crippen LogP contribution in [0.15, 0.2) is 23.1 Å². The summed E-state index contributed by atoms with van der Waals surface area (Å²) in [6.45, 7) is 4.03. The van der Waals surface area contributed by atoms with E-state index in [4.69, 9.17) is 9.84 Å². The highest BCUT2D eigenvalue weighted by atomic mass is 32.2. The van der Waals surface area contributed by atoms with Crippen LogP contribution >= 0.6 is 11.8 Å². The molecule has 2 nitrogen and oxygen atoms in total. The summed E-state index contributed by atoms with van der Waals surface area (Å²) in [6.07, 6.45) is 2.29.